The van der Waals surface area contributed by atoms with Crippen LogP contribution in [0.25, 0.3) is 0 Å². The van der Waals surface area contributed by atoms with Gasteiger partial charge in [-0.25, -0.2) is 5.84 Å². The first-order chi connectivity index (χ1) is 5.95. The van der Waals surface area contributed by atoms with E-state index in [1.165, 1.54) is 0 Å². The number of rotatable bonds is 1. The lowest BCUT2D eigenvalue weighted by Gasteiger charge is -2.14. The lowest BCUT2D eigenvalue weighted by atomic mass is 9.92. The van der Waals surface area contributed by atoms with Gasteiger partial charge in [-0.05, 0) is 6.07 Å². The van der Waals surface area contributed by atoms with Gasteiger partial charge in [0.1, 0.15) is 0 Å². The summed E-state index contributed by atoms with van der Waals surface area (Å²) in [4.78, 5) is 11.0. The standard InChI is InChI=1S/C8H14N4O/c1-8(2,3)6-4-5(11-12-6)7(13)10-9/h4H,9H2,1-3H3,(H,10,13)(H,11,12). The van der Waals surface area contributed by atoms with Crippen LogP contribution in [0.1, 0.15) is 37.0 Å². The highest BCUT2D eigenvalue weighted by Gasteiger charge is 2.18. The molecule has 5 heteroatoms. The molecule has 0 aliphatic rings. The number of hydrogen-bond donors (Lipinski definition) is 3. The van der Waals surface area contributed by atoms with Gasteiger partial charge in [-0.15, -0.1) is 0 Å². The molecule has 0 saturated carbocycles. The summed E-state index contributed by atoms with van der Waals surface area (Å²) in [6, 6.07) is 1.70. The van der Waals surface area contributed by atoms with E-state index in [2.05, 4.69) is 10.2 Å². The summed E-state index contributed by atoms with van der Waals surface area (Å²) in [5.74, 6) is 4.59. The van der Waals surface area contributed by atoms with Gasteiger partial charge >= 0.3 is 0 Å². The highest BCUT2D eigenvalue weighted by atomic mass is 16.2. The summed E-state index contributed by atoms with van der Waals surface area (Å²) in [6.07, 6.45) is 0. The average Bonchev–Trinajstić information content (AvgIpc) is 2.50. The van der Waals surface area contributed by atoms with Crippen molar-refractivity contribution in [2.24, 2.45) is 5.84 Å². The molecule has 1 aromatic heterocycles. The smallest absolute Gasteiger partial charge is 0.285 e. The second-order valence-electron chi connectivity index (χ2n) is 3.89. The summed E-state index contributed by atoms with van der Waals surface area (Å²) in [5, 5.41) is 6.63. The number of nitrogen functional groups attached to an aromatic ring is 1. The van der Waals surface area contributed by atoms with Crippen LogP contribution in [-0.4, -0.2) is 16.1 Å². The van der Waals surface area contributed by atoms with E-state index in [4.69, 9.17) is 5.84 Å². The Balaban J connectivity index is 2.93. The van der Waals surface area contributed by atoms with Crippen molar-refractivity contribution >= 4 is 5.91 Å². The summed E-state index contributed by atoms with van der Waals surface area (Å²) in [6.45, 7) is 6.10. The number of nitrogens with one attached hydrogen (secondary N) is 2. The van der Waals surface area contributed by atoms with Crippen LogP contribution in [0.2, 0.25) is 0 Å². The van der Waals surface area contributed by atoms with Gasteiger partial charge in [0.2, 0.25) is 0 Å². The van der Waals surface area contributed by atoms with Crippen molar-refractivity contribution in [3.8, 4) is 0 Å². The second kappa shape index (κ2) is 3.18. The Labute approximate surface area is 76.7 Å². The normalized spacial score (nSPS) is 11.4. The van der Waals surface area contributed by atoms with Crippen LogP contribution in [-0.2, 0) is 5.41 Å². The van der Waals surface area contributed by atoms with Gasteiger partial charge in [0.15, 0.2) is 5.69 Å². The van der Waals surface area contributed by atoms with Gasteiger partial charge in [0.25, 0.3) is 5.91 Å². The number of carbonyl (C=O) groups excluding carboxylic acids is 1. The number of aromatic nitrogens is 2. The monoisotopic (exact) mass is 182 g/mol. The molecule has 0 aliphatic carbocycles. The zero-order valence-electron chi connectivity index (χ0n) is 8.01. The fraction of sp³-hybridized carbons (Fsp3) is 0.500. The Morgan fingerprint density at radius 1 is 1.62 bits per heavy atom. The third-order valence-electron chi connectivity index (χ3n) is 1.75. The highest BCUT2D eigenvalue weighted by Crippen LogP contribution is 2.19. The number of nitrogens with two attached hydrogens (primary N) is 1. The molecule has 0 aliphatic heterocycles. The third kappa shape index (κ3) is 2.06. The van der Waals surface area contributed by atoms with E-state index in [-0.39, 0.29) is 11.3 Å². The number of nitrogens with zero attached hydrogens (tertiary/aromatic N) is 1. The van der Waals surface area contributed by atoms with E-state index in [0.29, 0.717) is 5.69 Å². The number of carbonyl (C=O) groups is 1. The molecule has 5 nitrogen and oxygen atoms in total. The van der Waals surface area contributed by atoms with Gasteiger partial charge in [0, 0.05) is 11.1 Å². The number of hydrogen-bond acceptors (Lipinski definition) is 3. The van der Waals surface area contributed by atoms with Crippen LogP contribution < -0.4 is 11.3 Å². The third-order valence-corrected chi connectivity index (χ3v) is 1.75. The van der Waals surface area contributed by atoms with E-state index in [1.807, 2.05) is 26.2 Å². The first-order valence-corrected chi connectivity index (χ1v) is 4.02. The predicted molar refractivity (Wildman–Crippen MR) is 48.9 cm³/mol. The molecule has 0 spiro atoms. The van der Waals surface area contributed by atoms with E-state index >= 15 is 0 Å². The minimum Gasteiger partial charge on any atom is -0.289 e. The maximum absolute atomic E-state index is 11.0. The molecule has 0 saturated heterocycles. The molecular formula is C8H14N4O. The Kier molecular flexibility index (Phi) is 2.38. The second-order valence-corrected chi connectivity index (χ2v) is 3.89. The topological polar surface area (TPSA) is 83.8 Å². The first-order valence-electron chi connectivity index (χ1n) is 4.02. The lowest BCUT2D eigenvalue weighted by Crippen LogP contribution is -2.30. The van der Waals surface area contributed by atoms with Gasteiger partial charge < -0.3 is 0 Å². The Morgan fingerprint density at radius 2 is 2.23 bits per heavy atom. The first kappa shape index (κ1) is 9.73. The van der Waals surface area contributed by atoms with E-state index in [9.17, 15) is 4.79 Å². The van der Waals surface area contributed by atoms with Crippen molar-refractivity contribution in [2.45, 2.75) is 26.2 Å². The maximum atomic E-state index is 11.0. The molecule has 4 N–H and O–H groups in total. The van der Waals surface area contributed by atoms with Crippen molar-refractivity contribution in [1.29, 1.82) is 0 Å². The van der Waals surface area contributed by atoms with Gasteiger partial charge in [-0.3, -0.25) is 15.3 Å². The molecule has 1 aromatic rings. The molecular weight excluding hydrogens is 168 g/mol. The molecule has 72 valence electrons. The van der Waals surface area contributed by atoms with Crippen LogP contribution in [0.15, 0.2) is 6.07 Å². The number of hydrazine groups is 1. The Morgan fingerprint density at radius 3 is 2.62 bits per heavy atom. The molecule has 1 rings (SSSR count). The van der Waals surface area contributed by atoms with Crippen molar-refractivity contribution in [2.75, 3.05) is 0 Å². The molecule has 0 fully saturated rings. The molecule has 0 atom stereocenters. The van der Waals surface area contributed by atoms with Gasteiger partial charge in [-0.2, -0.15) is 5.10 Å². The van der Waals surface area contributed by atoms with Crippen LogP contribution >= 0.6 is 0 Å². The average molecular weight is 182 g/mol. The molecule has 0 unspecified atom stereocenters. The molecule has 0 aromatic carbocycles. The summed E-state index contributed by atoms with van der Waals surface area (Å²) in [7, 11) is 0. The maximum Gasteiger partial charge on any atom is 0.285 e. The SMILES string of the molecule is CC(C)(C)c1cc(C(=O)NN)n[nH]1. The lowest BCUT2D eigenvalue weighted by molar-refractivity contribution is 0.0948. The van der Waals surface area contributed by atoms with E-state index in [1.54, 1.807) is 6.07 Å². The largest absolute Gasteiger partial charge is 0.289 e. The predicted octanol–water partition coefficient (Wildman–Crippen LogP) is 0.311. The fourth-order valence-corrected chi connectivity index (χ4v) is 0.896. The summed E-state index contributed by atoms with van der Waals surface area (Å²) < 4.78 is 0. The Bertz CT molecular complexity index is 310. The zero-order valence-corrected chi connectivity index (χ0v) is 8.01. The quantitative estimate of drug-likeness (QED) is 0.332. The molecule has 0 radical (unpaired) electrons. The highest BCUT2D eigenvalue weighted by molar-refractivity contribution is 5.91. The number of amides is 1. The van der Waals surface area contributed by atoms with Gasteiger partial charge in [-0.1, -0.05) is 20.8 Å². The van der Waals surface area contributed by atoms with Crippen molar-refractivity contribution in [1.82, 2.24) is 15.6 Å². The van der Waals surface area contributed by atoms with Crippen molar-refractivity contribution in [3.05, 3.63) is 17.5 Å². The van der Waals surface area contributed by atoms with E-state index in [0.717, 1.165) is 5.69 Å². The van der Waals surface area contributed by atoms with Crippen LogP contribution in [0, 0.1) is 0 Å². The fourth-order valence-electron chi connectivity index (χ4n) is 0.896. The molecule has 1 heterocycles. The summed E-state index contributed by atoms with van der Waals surface area (Å²) >= 11 is 0. The van der Waals surface area contributed by atoms with Gasteiger partial charge in [0.05, 0.1) is 0 Å². The van der Waals surface area contributed by atoms with Crippen molar-refractivity contribution in [3.63, 3.8) is 0 Å². The minimum atomic E-state index is -0.383. The van der Waals surface area contributed by atoms with Crippen LogP contribution in [0.3, 0.4) is 0 Å². The molecule has 0 bridgehead atoms. The van der Waals surface area contributed by atoms with Crippen molar-refractivity contribution < 1.29 is 4.79 Å². The molecule has 13 heavy (non-hydrogen) atoms. The number of H-pyrrole nitrogens is 1. The van der Waals surface area contributed by atoms with Crippen LogP contribution in [0.4, 0.5) is 0 Å². The minimum absolute atomic E-state index is 0.0415. The van der Waals surface area contributed by atoms with Crippen LogP contribution in [0.5, 0.6) is 0 Å². The zero-order chi connectivity index (χ0) is 10.1. The molecule has 1 amide bonds. The number of aromatic amines is 1. The van der Waals surface area contributed by atoms with E-state index < -0.39 is 0 Å². The Hall–Kier alpha value is -1.36. The summed E-state index contributed by atoms with van der Waals surface area (Å²) in [5.41, 5.74) is 3.20.